The highest BCUT2D eigenvalue weighted by Gasteiger charge is 2.14. The zero-order valence-corrected chi connectivity index (χ0v) is 13.1. The van der Waals surface area contributed by atoms with E-state index in [1.54, 1.807) is 7.05 Å². The van der Waals surface area contributed by atoms with Crippen LogP contribution in [0.2, 0.25) is 0 Å². The van der Waals surface area contributed by atoms with Gasteiger partial charge in [-0.3, -0.25) is 4.79 Å². The van der Waals surface area contributed by atoms with Crippen molar-refractivity contribution in [3.8, 4) is 0 Å². The topological polar surface area (TPSA) is 69.6 Å². The molecule has 0 fully saturated rings. The number of nitrogens with one attached hydrogen (secondary N) is 1. The Morgan fingerprint density at radius 2 is 2.00 bits per heavy atom. The first kappa shape index (κ1) is 17.0. The number of hydrogen-bond acceptors (Lipinski definition) is 2. The van der Waals surface area contributed by atoms with Gasteiger partial charge in [0.1, 0.15) is 0 Å². The lowest BCUT2D eigenvalue weighted by Crippen LogP contribution is -2.33. The van der Waals surface area contributed by atoms with E-state index >= 15 is 0 Å². The molecule has 5 heteroatoms. The molecule has 0 bridgehead atoms. The van der Waals surface area contributed by atoms with Gasteiger partial charge >= 0.3 is 12.0 Å². The fourth-order valence-corrected chi connectivity index (χ4v) is 2.11. The van der Waals surface area contributed by atoms with Crippen molar-refractivity contribution < 1.29 is 14.7 Å². The molecule has 0 aliphatic carbocycles. The molecule has 21 heavy (non-hydrogen) atoms. The monoisotopic (exact) mass is 292 g/mol. The largest absolute Gasteiger partial charge is 0.481 e. The van der Waals surface area contributed by atoms with Crippen LogP contribution in [0, 0.1) is 6.92 Å². The summed E-state index contributed by atoms with van der Waals surface area (Å²) in [5.74, 6) is -0.526. The van der Waals surface area contributed by atoms with E-state index in [4.69, 9.17) is 5.11 Å². The summed E-state index contributed by atoms with van der Waals surface area (Å²) in [6.07, 6.45) is 0.517. The Kier molecular flexibility index (Phi) is 6.21. The molecule has 116 valence electrons. The molecule has 1 aromatic rings. The van der Waals surface area contributed by atoms with Crippen LogP contribution in [0.5, 0.6) is 0 Å². The minimum absolute atomic E-state index is 0.0687. The van der Waals surface area contributed by atoms with Crippen LogP contribution in [-0.4, -0.2) is 35.6 Å². The van der Waals surface area contributed by atoms with Crippen LogP contribution < -0.4 is 5.32 Å². The number of aryl methyl sites for hydroxylation is 1. The van der Waals surface area contributed by atoms with E-state index in [-0.39, 0.29) is 12.5 Å². The number of rotatable bonds is 6. The molecule has 0 heterocycles. The number of hydrogen-bond donors (Lipinski definition) is 2. The van der Waals surface area contributed by atoms with Gasteiger partial charge in [-0.05, 0) is 30.4 Å². The van der Waals surface area contributed by atoms with Crippen LogP contribution in [0.4, 0.5) is 10.5 Å². The van der Waals surface area contributed by atoms with Crippen LogP contribution in [0.1, 0.15) is 43.7 Å². The average Bonchev–Trinajstić information content (AvgIpc) is 2.40. The second-order valence-corrected chi connectivity index (χ2v) is 5.54. The molecular formula is C16H24N2O3. The summed E-state index contributed by atoms with van der Waals surface area (Å²) in [7, 11) is 1.67. The number of para-hydroxylation sites is 1. The summed E-state index contributed by atoms with van der Waals surface area (Å²) < 4.78 is 0. The van der Waals surface area contributed by atoms with Gasteiger partial charge in [0.25, 0.3) is 0 Å². The quantitative estimate of drug-likeness (QED) is 0.843. The number of benzene rings is 1. The first-order valence-electron chi connectivity index (χ1n) is 7.16. The minimum atomic E-state index is -0.843. The smallest absolute Gasteiger partial charge is 0.321 e. The number of carboxylic acid groups (broad SMARTS) is 1. The Morgan fingerprint density at radius 1 is 1.33 bits per heavy atom. The van der Waals surface area contributed by atoms with Crippen LogP contribution >= 0.6 is 0 Å². The standard InChI is InChI=1S/C16H24N2O3/c1-11(2)13-8-5-7-12(3)15(13)17-16(21)18(4)10-6-9-14(19)20/h5,7-8,11H,6,9-10H2,1-4H3,(H,17,21)(H,19,20). The van der Waals surface area contributed by atoms with E-state index in [0.29, 0.717) is 18.9 Å². The first-order valence-corrected chi connectivity index (χ1v) is 7.16. The van der Waals surface area contributed by atoms with Crippen LogP contribution in [0.3, 0.4) is 0 Å². The van der Waals surface area contributed by atoms with Gasteiger partial charge in [-0.1, -0.05) is 32.0 Å². The van der Waals surface area contributed by atoms with Gasteiger partial charge in [0, 0.05) is 25.7 Å². The number of carboxylic acids is 1. The maximum atomic E-state index is 12.2. The Labute approximate surface area is 126 Å². The van der Waals surface area contributed by atoms with Gasteiger partial charge in [-0.15, -0.1) is 0 Å². The summed E-state index contributed by atoms with van der Waals surface area (Å²) in [5, 5.41) is 11.6. The lowest BCUT2D eigenvalue weighted by atomic mass is 9.98. The Hall–Kier alpha value is -2.04. The molecule has 0 aromatic heterocycles. The van der Waals surface area contributed by atoms with Crippen molar-refractivity contribution in [2.24, 2.45) is 0 Å². The second-order valence-electron chi connectivity index (χ2n) is 5.54. The van der Waals surface area contributed by atoms with Crippen LogP contribution in [0.25, 0.3) is 0 Å². The van der Waals surface area contributed by atoms with E-state index in [1.807, 2.05) is 25.1 Å². The molecule has 1 rings (SSSR count). The van der Waals surface area contributed by atoms with Gasteiger partial charge in [0.15, 0.2) is 0 Å². The number of nitrogens with zero attached hydrogens (tertiary/aromatic N) is 1. The minimum Gasteiger partial charge on any atom is -0.481 e. The van der Waals surface area contributed by atoms with Crippen molar-refractivity contribution >= 4 is 17.7 Å². The van der Waals surface area contributed by atoms with Crippen molar-refractivity contribution in [1.29, 1.82) is 0 Å². The van der Waals surface area contributed by atoms with Crippen molar-refractivity contribution in [2.45, 2.75) is 39.5 Å². The predicted molar refractivity (Wildman–Crippen MR) is 83.8 cm³/mol. The molecule has 1 aromatic carbocycles. The predicted octanol–water partition coefficient (Wildman–Crippen LogP) is 3.45. The van der Waals surface area contributed by atoms with Crippen molar-refractivity contribution in [2.75, 3.05) is 18.9 Å². The normalized spacial score (nSPS) is 10.5. The van der Waals surface area contributed by atoms with E-state index in [9.17, 15) is 9.59 Å². The lowest BCUT2D eigenvalue weighted by Gasteiger charge is -2.21. The Balaban J connectivity index is 2.72. The number of urea groups is 1. The van der Waals surface area contributed by atoms with E-state index in [2.05, 4.69) is 19.2 Å². The molecule has 2 amide bonds. The summed E-state index contributed by atoms with van der Waals surface area (Å²) in [4.78, 5) is 24.2. The molecule has 2 N–H and O–H groups in total. The van der Waals surface area contributed by atoms with E-state index < -0.39 is 5.97 Å². The third-order valence-electron chi connectivity index (χ3n) is 3.39. The number of anilines is 1. The molecule has 0 saturated heterocycles. The van der Waals surface area contributed by atoms with Gasteiger partial charge in [-0.25, -0.2) is 4.79 Å². The third-order valence-corrected chi connectivity index (χ3v) is 3.39. The maximum absolute atomic E-state index is 12.2. The molecule has 0 aliphatic rings. The van der Waals surface area contributed by atoms with E-state index in [1.165, 1.54) is 4.90 Å². The molecule has 0 radical (unpaired) electrons. The van der Waals surface area contributed by atoms with Crippen molar-refractivity contribution in [3.63, 3.8) is 0 Å². The Morgan fingerprint density at radius 3 is 2.57 bits per heavy atom. The first-order chi connectivity index (χ1) is 9.82. The van der Waals surface area contributed by atoms with Gasteiger partial charge < -0.3 is 15.3 Å². The Bertz CT molecular complexity index is 512. The number of amides is 2. The molecule has 0 spiro atoms. The van der Waals surface area contributed by atoms with Gasteiger partial charge in [0.2, 0.25) is 0 Å². The highest BCUT2D eigenvalue weighted by molar-refractivity contribution is 5.91. The van der Waals surface area contributed by atoms with Crippen LogP contribution in [0.15, 0.2) is 18.2 Å². The van der Waals surface area contributed by atoms with Crippen molar-refractivity contribution in [3.05, 3.63) is 29.3 Å². The van der Waals surface area contributed by atoms with E-state index in [0.717, 1.165) is 16.8 Å². The molecule has 0 saturated carbocycles. The summed E-state index contributed by atoms with van der Waals surface area (Å²) in [6, 6.07) is 5.75. The molecular weight excluding hydrogens is 268 g/mol. The van der Waals surface area contributed by atoms with Crippen molar-refractivity contribution in [1.82, 2.24) is 4.90 Å². The molecule has 0 atom stereocenters. The number of carbonyl (C=O) groups excluding carboxylic acids is 1. The fraction of sp³-hybridized carbons (Fsp3) is 0.500. The summed E-state index contributed by atoms with van der Waals surface area (Å²) >= 11 is 0. The lowest BCUT2D eigenvalue weighted by molar-refractivity contribution is -0.137. The maximum Gasteiger partial charge on any atom is 0.321 e. The average molecular weight is 292 g/mol. The summed E-state index contributed by atoms with van der Waals surface area (Å²) in [6.45, 7) is 6.55. The number of carbonyl (C=O) groups is 2. The van der Waals surface area contributed by atoms with Gasteiger partial charge in [-0.2, -0.15) is 0 Å². The SMILES string of the molecule is Cc1cccc(C(C)C)c1NC(=O)N(C)CCCC(=O)O. The number of aliphatic carboxylic acids is 1. The third kappa shape index (κ3) is 5.10. The molecule has 0 unspecified atom stereocenters. The van der Waals surface area contributed by atoms with Gasteiger partial charge in [0.05, 0.1) is 0 Å². The summed E-state index contributed by atoms with van der Waals surface area (Å²) in [5.41, 5.74) is 2.97. The highest BCUT2D eigenvalue weighted by Crippen LogP contribution is 2.27. The second kappa shape index (κ2) is 7.67. The fourth-order valence-electron chi connectivity index (χ4n) is 2.11. The zero-order chi connectivity index (χ0) is 16.0. The molecule has 0 aliphatic heterocycles. The highest BCUT2D eigenvalue weighted by atomic mass is 16.4. The van der Waals surface area contributed by atoms with Crippen LogP contribution in [-0.2, 0) is 4.79 Å². The zero-order valence-electron chi connectivity index (χ0n) is 13.1. The molecule has 5 nitrogen and oxygen atoms in total.